The highest BCUT2D eigenvalue weighted by molar-refractivity contribution is 6.04. The molecule has 3 aromatic heterocycles. The number of anilines is 1. The van der Waals surface area contributed by atoms with Gasteiger partial charge in [0, 0.05) is 52.1 Å². The van der Waals surface area contributed by atoms with Gasteiger partial charge in [-0.15, -0.1) is 0 Å². The van der Waals surface area contributed by atoms with Gasteiger partial charge in [-0.3, -0.25) is 0 Å². The largest absolute Gasteiger partial charge is 0.497 e. The molecule has 2 aromatic carbocycles. The predicted molar refractivity (Wildman–Crippen MR) is 172 cm³/mol. The van der Waals surface area contributed by atoms with Crippen molar-refractivity contribution in [2.24, 2.45) is 0 Å². The van der Waals surface area contributed by atoms with Crippen LogP contribution in [0.25, 0.3) is 33.2 Å². The molecule has 0 bridgehead atoms. The van der Waals surface area contributed by atoms with E-state index in [0.29, 0.717) is 23.9 Å². The Bertz CT molecular complexity index is 1800. The normalized spacial score (nSPS) is 11.7. The molecule has 0 aliphatic rings. The van der Waals surface area contributed by atoms with Crippen molar-refractivity contribution in [3.05, 3.63) is 60.0 Å². The van der Waals surface area contributed by atoms with Crippen molar-refractivity contribution in [3.8, 4) is 28.5 Å². The van der Waals surface area contributed by atoms with Crippen LogP contribution in [0.15, 0.2) is 48.8 Å². The van der Waals surface area contributed by atoms with Gasteiger partial charge in [0.2, 0.25) is 0 Å². The van der Waals surface area contributed by atoms with Gasteiger partial charge >= 0.3 is 6.09 Å². The zero-order valence-corrected chi connectivity index (χ0v) is 26.5. The number of methoxy groups -OCH3 is 3. The van der Waals surface area contributed by atoms with Crippen molar-refractivity contribution in [2.45, 2.75) is 59.4 Å². The van der Waals surface area contributed by atoms with Gasteiger partial charge in [0.05, 0.1) is 33.3 Å². The van der Waals surface area contributed by atoms with Gasteiger partial charge in [-0.25, -0.2) is 14.8 Å². The fourth-order valence-electron chi connectivity index (χ4n) is 5.35. The lowest BCUT2D eigenvalue weighted by Gasteiger charge is -2.21. The third-order valence-electron chi connectivity index (χ3n) is 7.24. The van der Waals surface area contributed by atoms with Crippen molar-refractivity contribution in [3.63, 3.8) is 0 Å². The number of alkyl carbamates (subject to hydrolysis) is 1. The molecule has 3 N–H and O–H groups in total. The standard InChI is InChI=1S/C33H40N6O5/c1-19(2)39-26(17-35-32(40)44-33(3,4)5)28(25-14-21-13-22(41-6)11-12-24(21)38-25)29-30(36-18-37-31(29)39)34-16-20-9-10-23(42-7)15-27(20)43-8/h9-15,18-19,38H,16-17H2,1-8H3,(H,35,40)(H,34,36,37). The maximum Gasteiger partial charge on any atom is 0.407 e. The fraction of sp³-hybridized carbons (Fsp3) is 0.364. The number of benzene rings is 2. The zero-order chi connectivity index (χ0) is 31.6. The number of hydrogen-bond donors (Lipinski definition) is 3. The maximum atomic E-state index is 12.8. The average Bonchev–Trinajstić information content (AvgIpc) is 3.56. The Balaban J connectivity index is 1.67. The molecule has 0 atom stereocenters. The highest BCUT2D eigenvalue weighted by Gasteiger charge is 2.26. The molecule has 0 fully saturated rings. The van der Waals surface area contributed by atoms with E-state index in [9.17, 15) is 4.79 Å². The minimum atomic E-state index is -0.626. The minimum absolute atomic E-state index is 0.0237. The number of carbonyl (C=O) groups is 1. The van der Waals surface area contributed by atoms with Crippen molar-refractivity contribution in [2.75, 3.05) is 26.6 Å². The van der Waals surface area contributed by atoms with E-state index in [2.05, 4.69) is 45.1 Å². The van der Waals surface area contributed by atoms with Crippen LogP contribution < -0.4 is 24.8 Å². The summed E-state index contributed by atoms with van der Waals surface area (Å²) >= 11 is 0. The summed E-state index contributed by atoms with van der Waals surface area (Å²) in [7, 11) is 4.91. The SMILES string of the molecule is COc1ccc(CNc2ncnc3c2c(-c2cc4cc(OC)ccc4[nH]2)c(CNC(=O)OC(C)(C)C)n3C(C)C)c(OC)c1. The molecule has 11 heteroatoms. The van der Waals surface area contributed by atoms with Crippen molar-refractivity contribution in [1.82, 2.24) is 24.8 Å². The van der Waals surface area contributed by atoms with E-state index in [1.807, 2.05) is 57.2 Å². The summed E-state index contributed by atoms with van der Waals surface area (Å²) in [6, 6.07) is 13.7. The van der Waals surface area contributed by atoms with E-state index >= 15 is 0 Å². The monoisotopic (exact) mass is 600 g/mol. The number of ether oxygens (including phenoxy) is 4. The first kappa shape index (κ1) is 30.5. The molecule has 1 amide bonds. The number of aromatic nitrogens is 4. The summed E-state index contributed by atoms with van der Waals surface area (Å²) in [5, 5.41) is 8.30. The molecule has 0 unspecified atom stereocenters. The highest BCUT2D eigenvalue weighted by atomic mass is 16.6. The van der Waals surface area contributed by atoms with Crippen LogP contribution in [0.1, 0.15) is 51.9 Å². The molecule has 0 saturated heterocycles. The molecule has 232 valence electrons. The van der Waals surface area contributed by atoms with Gasteiger partial charge in [0.1, 0.15) is 40.6 Å². The summed E-state index contributed by atoms with van der Waals surface area (Å²) in [5.41, 5.74) is 4.61. The topological polar surface area (TPSA) is 125 Å². The number of hydrogen-bond acceptors (Lipinski definition) is 8. The Labute approximate surface area is 256 Å². The molecule has 0 aliphatic heterocycles. The lowest BCUT2D eigenvalue weighted by molar-refractivity contribution is 0.0522. The second-order valence-electron chi connectivity index (χ2n) is 11.7. The molecule has 5 aromatic rings. The Morgan fingerprint density at radius 1 is 0.955 bits per heavy atom. The molecule has 0 radical (unpaired) electrons. The summed E-state index contributed by atoms with van der Waals surface area (Å²) in [6.07, 6.45) is 1.06. The molecule has 11 nitrogen and oxygen atoms in total. The second kappa shape index (κ2) is 12.4. The van der Waals surface area contributed by atoms with Gasteiger partial charge < -0.3 is 39.1 Å². The number of fused-ring (bicyclic) bond motifs is 2. The predicted octanol–water partition coefficient (Wildman–Crippen LogP) is 6.82. The first-order valence-electron chi connectivity index (χ1n) is 14.5. The van der Waals surface area contributed by atoms with Crippen molar-refractivity contribution in [1.29, 1.82) is 0 Å². The van der Waals surface area contributed by atoms with E-state index in [4.69, 9.17) is 23.9 Å². The van der Waals surface area contributed by atoms with E-state index in [-0.39, 0.29) is 12.6 Å². The Kier molecular flexibility index (Phi) is 8.57. The van der Waals surface area contributed by atoms with Gasteiger partial charge in [0.15, 0.2) is 0 Å². The molecule has 44 heavy (non-hydrogen) atoms. The summed E-state index contributed by atoms with van der Waals surface area (Å²) in [4.78, 5) is 25.8. The fourth-order valence-corrected chi connectivity index (χ4v) is 5.35. The van der Waals surface area contributed by atoms with Crippen LogP contribution in [0, 0.1) is 0 Å². The smallest absolute Gasteiger partial charge is 0.407 e. The van der Waals surface area contributed by atoms with E-state index in [1.165, 1.54) is 0 Å². The van der Waals surface area contributed by atoms with Crippen LogP contribution in [0.4, 0.5) is 10.6 Å². The molecular weight excluding hydrogens is 560 g/mol. The van der Waals surface area contributed by atoms with Crippen molar-refractivity contribution >= 4 is 33.8 Å². The number of carbonyl (C=O) groups excluding carboxylic acids is 1. The third kappa shape index (κ3) is 6.22. The quantitative estimate of drug-likeness (QED) is 0.159. The van der Waals surface area contributed by atoms with Crippen LogP contribution in [0.3, 0.4) is 0 Å². The van der Waals surface area contributed by atoms with Crippen LogP contribution in [-0.2, 0) is 17.8 Å². The minimum Gasteiger partial charge on any atom is -0.497 e. The van der Waals surface area contributed by atoms with E-state index in [0.717, 1.165) is 50.2 Å². The van der Waals surface area contributed by atoms with Crippen LogP contribution in [0.5, 0.6) is 17.2 Å². The second-order valence-corrected chi connectivity index (χ2v) is 11.7. The van der Waals surface area contributed by atoms with E-state index < -0.39 is 11.7 Å². The molecule has 0 aliphatic carbocycles. The number of nitrogens with one attached hydrogen (secondary N) is 3. The van der Waals surface area contributed by atoms with E-state index in [1.54, 1.807) is 27.7 Å². The number of H-pyrrole nitrogens is 1. The summed E-state index contributed by atoms with van der Waals surface area (Å²) < 4.78 is 24.2. The average molecular weight is 601 g/mol. The number of rotatable bonds is 10. The van der Waals surface area contributed by atoms with Gasteiger partial charge in [-0.05, 0) is 71.0 Å². The first-order chi connectivity index (χ1) is 21.0. The van der Waals surface area contributed by atoms with Gasteiger partial charge in [-0.2, -0.15) is 0 Å². The molecule has 3 heterocycles. The Morgan fingerprint density at radius 2 is 1.68 bits per heavy atom. The first-order valence-corrected chi connectivity index (χ1v) is 14.5. The van der Waals surface area contributed by atoms with Crippen LogP contribution in [0.2, 0.25) is 0 Å². The molecular formula is C33H40N6O5. The van der Waals surface area contributed by atoms with Crippen LogP contribution in [-0.4, -0.2) is 52.5 Å². The Morgan fingerprint density at radius 3 is 2.36 bits per heavy atom. The van der Waals surface area contributed by atoms with Gasteiger partial charge in [-0.1, -0.05) is 0 Å². The lowest BCUT2D eigenvalue weighted by Crippen LogP contribution is -2.32. The summed E-state index contributed by atoms with van der Waals surface area (Å²) in [6.45, 7) is 10.4. The molecule has 0 saturated carbocycles. The Hall–Kier alpha value is -4.93. The van der Waals surface area contributed by atoms with Gasteiger partial charge in [0.25, 0.3) is 0 Å². The maximum absolute atomic E-state index is 12.8. The number of nitrogens with zero attached hydrogens (tertiary/aromatic N) is 3. The third-order valence-corrected chi connectivity index (χ3v) is 7.24. The number of amides is 1. The molecule has 5 rings (SSSR count). The van der Waals surface area contributed by atoms with Crippen LogP contribution >= 0.6 is 0 Å². The highest BCUT2D eigenvalue weighted by Crippen LogP contribution is 2.40. The van der Waals surface area contributed by atoms with Crippen molar-refractivity contribution < 1.29 is 23.7 Å². The number of aromatic amines is 1. The summed E-state index contributed by atoms with van der Waals surface area (Å²) in [5.74, 6) is 2.83. The lowest BCUT2D eigenvalue weighted by atomic mass is 10.1. The molecule has 0 spiro atoms. The zero-order valence-electron chi connectivity index (χ0n) is 26.5.